The maximum atomic E-state index is 10.9. The van der Waals surface area contributed by atoms with Crippen LogP contribution in [0.25, 0.3) is 0 Å². The molecule has 2 unspecified atom stereocenters. The van der Waals surface area contributed by atoms with Crippen LogP contribution in [-0.2, 0) is 9.53 Å². The molecule has 0 aromatic heterocycles. The summed E-state index contributed by atoms with van der Waals surface area (Å²) >= 11 is 1.83. The number of hydrogen-bond donors (Lipinski definition) is 1. The fourth-order valence-corrected chi connectivity index (χ4v) is 2.55. The summed E-state index contributed by atoms with van der Waals surface area (Å²) in [7, 11) is 1.43. The second kappa shape index (κ2) is 9.04. The number of nitrogens with one attached hydrogen (secondary N) is 1. The van der Waals surface area contributed by atoms with E-state index in [-0.39, 0.29) is 5.97 Å². The van der Waals surface area contributed by atoms with Crippen molar-refractivity contribution in [1.82, 2.24) is 5.32 Å². The van der Waals surface area contributed by atoms with Crippen molar-refractivity contribution in [2.45, 2.75) is 44.9 Å². The Morgan fingerprint density at radius 1 is 1.47 bits per heavy atom. The first kappa shape index (κ1) is 14.8. The van der Waals surface area contributed by atoms with Gasteiger partial charge in [0.15, 0.2) is 0 Å². The van der Waals surface area contributed by atoms with Gasteiger partial charge in [-0.2, -0.15) is 11.8 Å². The molecule has 2 atom stereocenters. The van der Waals surface area contributed by atoms with Crippen LogP contribution in [-0.4, -0.2) is 36.7 Å². The third-order valence-electron chi connectivity index (χ3n) is 2.17. The lowest BCUT2D eigenvalue weighted by Crippen LogP contribution is -2.28. The number of carbonyl (C=O) groups is 1. The van der Waals surface area contributed by atoms with Crippen LogP contribution in [0.1, 0.15) is 33.6 Å². The molecular weight excluding hydrogens is 210 g/mol. The summed E-state index contributed by atoms with van der Waals surface area (Å²) in [5.41, 5.74) is 0. The largest absolute Gasteiger partial charge is 0.469 e. The van der Waals surface area contributed by atoms with E-state index in [0.717, 1.165) is 18.7 Å². The van der Waals surface area contributed by atoms with Crippen LogP contribution in [0.5, 0.6) is 0 Å². The van der Waals surface area contributed by atoms with Crippen molar-refractivity contribution in [1.29, 1.82) is 0 Å². The molecule has 0 aromatic carbocycles. The van der Waals surface area contributed by atoms with Crippen LogP contribution in [0.2, 0.25) is 0 Å². The van der Waals surface area contributed by atoms with E-state index in [1.165, 1.54) is 7.11 Å². The highest BCUT2D eigenvalue weighted by Crippen LogP contribution is 2.16. The lowest BCUT2D eigenvalue weighted by atomic mass is 10.2. The van der Waals surface area contributed by atoms with Gasteiger partial charge in [-0.05, 0) is 19.9 Å². The van der Waals surface area contributed by atoms with E-state index in [4.69, 9.17) is 0 Å². The first-order valence-corrected chi connectivity index (χ1v) is 6.56. The van der Waals surface area contributed by atoms with Gasteiger partial charge in [0.05, 0.1) is 13.5 Å². The molecule has 0 amide bonds. The minimum atomic E-state index is -0.116. The van der Waals surface area contributed by atoms with E-state index in [1.807, 2.05) is 11.8 Å². The van der Waals surface area contributed by atoms with Crippen molar-refractivity contribution in [2.75, 3.05) is 19.4 Å². The summed E-state index contributed by atoms with van der Waals surface area (Å²) in [6.45, 7) is 7.53. The van der Waals surface area contributed by atoms with E-state index in [1.54, 1.807) is 0 Å². The highest BCUT2D eigenvalue weighted by Gasteiger charge is 2.09. The van der Waals surface area contributed by atoms with Gasteiger partial charge in [0, 0.05) is 17.0 Å². The molecule has 90 valence electrons. The molecule has 0 bridgehead atoms. The molecule has 0 spiro atoms. The van der Waals surface area contributed by atoms with Gasteiger partial charge >= 0.3 is 5.97 Å². The van der Waals surface area contributed by atoms with Crippen molar-refractivity contribution in [3.05, 3.63) is 0 Å². The standard InChI is InChI=1S/C11H23NO2S/c1-5-12-9(2)8-10(3)15-7-6-11(13)14-4/h9-10,12H,5-8H2,1-4H3. The summed E-state index contributed by atoms with van der Waals surface area (Å²) < 4.78 is 4.59. The predicted octanol–water partition coefficient (Wildman–Crippen LogP) is 2.06. The van der Waals surface area contributed by atoms with Gasteiger partial charge in [-0.3, -0.25) is 4.79 Å². The molecule has 0 fully saturated rings. The van der Waals surface area contributed by atoms with E-state index in [9.17, 15) is 4.79 Å². The van der Waals surface area contributed by atoms with E-state index >= 15 is 0 Å². The summed E-state index contributed by atoms with van der Waals surface area (Å²) in [6, 6.07) is 0.552. The van der Waals surface area contributed by atoms with Crippen molar-refractivity contribution in [3.8, 4) is 0 Å². The number of thioether (sulfide) groups is 1. The third-order valence-corrected chi connectivity index (χ3v) is 3.38. The lowest BCUT2D eigenvalue weighted by Gasteiger charge is -2.17. The van der Waals surface area contributed by atoms with Crippen LogP contribution < -0.4 is 5.32 Å². The number of ether oxygens (including phenoxy) is 1. The van der Waals surface area contributed by atoms with E-state index in [2.05, 4.69) is 30.8 Å². The summed E-state index contributed by atoms with van der Waals surface area (Å²) in [5, 5.41) is 3.97. The molecule has 1 N–H and O–H groups in total. The van der Waals surface area contributed by atoms with Crippen LogP contribution in [0.4, 0.5) is 0 Å². The second-order valence-electron chi connectivity index (χ2n) is 3.70. The molecule has 0 saturated carbocycles. The Morgan fingerprint density at radius 3 is 2.67 bits per heavy atom. The van der Waals surface area contributed by atoms with Crippen molar-refractivity contribution < 1.29 is 9.53 Å². The number of esters is 1. The SMILES string of the molecule is CCNC(C)CC(C)SCCC(=O)OC. The molecule has 0 aliphatic heterocycles. The molecule has 0 aliphatic rings. The molecule has 0 saturated heterocycles. The highest BCUT2D eigenvalue weighted by molar-refractivity contribution is 7.99. The molecular formula is C11H23NO2S. The van der Waals surface area contributed by atoms with Gasteiger partial charge < -0.3 is 10.1 Å². The monoisotopic (exact) mass is 233 g/mol. The molecule has 3 nitrogen and oxygen atoms in total. The molecule has 0 heterocycles. The topological polar surface area (TPSA) is 38.3 Å². The Labute approximate surface area is 97.3 Å². The Balaban J connectivity index is 3.48. The number of hydrogen-bond acceptors (Lipinski definition) is 4. The van der Waals surface area contributed by atoms with E-state index < -0.39 is 0 Å². The first-order valence-electron chi connectivity index (χ1n) is 5.51. The number of rotatable bonds is 8. The zero-order valence-corrected chi connectivity index (χ0v) is 11.0. The minimum absolute atomic E-state index is 0.116. The van der Waals surface area contributed by atoms with Crippen LogP contribution in [0, 0.1) is 0 Å². The van der Waals surface area contributed by atoms with Crippen LogP contribution >= 0.6 is 11.8 Å². The first-order chi connectivity index (χ1) is 7.10. The van der Waals surface area contributed by atoms with Gasteiger partial charge in [-0.15, -0.1) is 0 Å². The molecule has 15 heavy (non-hydrogen) atoms. The van der Waals surface area contributed by atoms with Gasteiger partial charge in [0.1, 0.15) is 0 Å². The molecule has 0 radical (unpaired) electrons. The van der Waals surface area contributed by atoms with Gasteiger partial charge in [0.2, 0.25) is 0 Å². The Hall–Kier alpha value is -0.220. The lowest BCUT2D eigenvalue weighted by molar-refractivity contribution is -0.140. The molecule has 0 rings (SSSR count). The zero-order valence-electron chi connectivity index (χ0n) is 10.2. The van der Waals surface area contributed by atoms with Crippen molar-refractivity contribution >= 4 is 17.7 Å². The normalized spacial score (nSPS) is 14.7. The molecule has 0 aromatic rings. The Kier molecular flexibility index (Phi) is 8.91. The average molecular weight is 233 g/mol. The van der Waals surface area contributed by atoms with E-state index in [0.29, 0.717) is 17.7 Å². The maximum absolute atomic E-state index is 10.9. The minimum Gasteiger partial charge on any atom is -0.469 e. The highest BCUT2D eigenvalue weighted by atomic mass is 32.2. The van der Waals surface area contributed by atoms with Crippen molar-refractivity contribution in [2.24, 2.45) is 0 Å². The van der Waals surface area contributed by atoms with Crippen LogP contribution in [0.3, 0.4) is 0 Å². The van der Waals surface area contributed by atoms with Gasteiger partial charge in [-0.1, -0.05) is 13.8 Å². The second-order valence-corrected chi connectivity index (χ2v) is 5.25. The Bertz CT molecular complexity index is 176. The summed E-state index contributed by atoms with van der Waals surface area (Å²) in [4.78, 5) is 10.9. The fourth-order valence-electron chi connectivity index (χ4n) is 1.44. The fraction of sp³-hybridized carbons (Fsp3) is 0.909. The van der Waals surface area contributed by atoms with Crippen LogP contribution in [0.15, 0.2) is 0 Å². The smallest absolute Gasteiger partial charge is 0.306 e. The predicted molar refractivity (Wildman–Crippen MR) is 66.3 cm³/mol. The summed E-state index contributed by atoms with van der Waals surface area (Å²) in [6.07, 6.45) is 1.65. The third kappa shape index (κ3) is 8.75. The average Bonchev–Trinajstić information content (AvgIpc) is 2.17. The zero-order chi connectivity index (χ0) is 11.7. The molecule has 0 aliphatic carbocycles. The number of carbonyl (C=O) groups excluding carboxylic acids is 1. The quantitative estimate of drug-likeness (QED) is 0.651. The maximum Gasteiger partial charge on any atom is 0.306 e. The van der Waals surface area contributed by atoms with Crippen molar-refractivity contribution in [3.63, 3.8) is 0 Å². The number of methoxy groups -OCH3 is 1. The van der Waals surface area contributed by atoms with Gasteiger partial charge in [0.25, 0.3) is 0 Å². The van der Waals surface area contributed by atoms with Gasteiger partial charge in [-0.25, -0.2) is 0 Å². The molecule has 4 heteroatoms. The Morgan fingerprint density at radius 2 is 2.13 bits per heavy atom. The summed E-state index contributed by atoms with van der Waals surface area (Å²) in [5.74, 6) is 0.738.